The van der Waals surface area contributed by atoms with Gasteiger partial charge in [-0.25, -0.2) is 8.42 Å². The van der Waals surface area contributed by atoms with Crippen molar-refractivity contribution >= 4 is 21.6 Å². The van der Waals surface area contributed by atoms with Crippen LogP contribution in [0.4, 0.5) is 0 Å². The van der Waals surface area contributed by atoms with E-state index in [0.29, 0.717) is 23.7 Å². The molecule has 1 unspecified atom stereocenters. The van der Waals surface area contributed by atoms with Crippen LogP contribution in [0.1, 0.15) is 12.0 Å². The van der Waals surface area contributed by atoms with E-state index in [0.717, 1.165) is 6.42 Å². The summed E-state index contributed by atoms with van der Waals surface area (Å²) in [5.74, 6) is 0. The molecule has 0 radical (unpaired) electrons. The standard InChI is InChI=1S/C13H20ClN3O2S/c1-16(2)11-5-6-17(9-11)20(18,19)12-3-4-13(14)10(7-12)8-15/h3-4,7,11H,5-6,8-9,15H2,1-2H3. The lowest BCUT2D eigenvalue weighted by atomic mass is 10.2. The van der Waals surface area contributed by atoms with Gasteiger partial charge in [0.25, 0.3) is 0 Å². The van der Waals surface area contributed by atoms with Crippen LogP contribution in [0.5, 0.6) is 0 Å². The van der Waals surface area contributed by atoms with Gasteiger partial charge in [-0.2, -0.15) is 4.31 Å². The second-order valence-electron chi connectivity index (χ2n) is 5.23. The van der Waals surface area contributed by atoms with Crippen LogP contribution in [0.15, 0.2) is 23.1 Å². The Morgan fingerprint density at radius 1 is 1.45 bits per heavy atom. The van der Waals surface area contributed by atoms with Gasteiger partial charge in [0.05, 0.1) is 4.90 Å². The van der Waals surface area contributed by atoms with Crippen molar-refractivity contribution in [3.8, 4) is 0 Å². The molecule has 0 aromatic heterocycles. The van der Waals surface area contributed by atoms with Gasteiger partial charge in [0.15, 0.2) is 0 Å². The fourth-order valence-corrected chi connectivity index (χ4v) is 4.11. The summed E-state index contributed by atoms with van der Waals surface area (Å²) >= 11 is 5.98. The van der Waals surface area contributed by atoms with E-state index in [9.17, 15) is 8.42 Å². The van der Waals surface area contributed by atoms with Crippen LogP contribution in [0, 0.1) is 0 Å². The zero-order valence-electron chi connectivity index (χ0n) is 11.7. The van der Waals surface area contributed by atoms with Crippen molar-refractivity contribution in [2.24, 2.45) is 5.73 Å². The highest BCUT2D eigenvalue weighted by Gasteiger charge is 2.33. The third-order valence-corrected chi connectivity index (χ3v) is 5.96. The summed E-state index contributed by atoms with van der Waals surface area (Å²) in [6.45, 7) is 1.30. The van der Waals surface area contributed by atoms with Gasteiger partial charge in [0.1, 0.15) is 0 Å². The molecule has 5 nitrogen and oxygen atoms in total. The molecule has 0 amide bonds. The summed E-state index contributed by atoms with van der Waals surface area (Å²) in [5, 5.41) is 0.499. The molecule has 1 heterocycles. The summed E-state index contributed by atoms with van der Waals surface area (Å²) in [4.78, 5) is 2.32. The monoisotopic (exact) mass is 317 g/mol. The summed E-state index contributed by atoms with van der Waals surface area (Å²) in [6, 6.07) is 4.97. The number of sulfonamides is 1. The maximum absolute atomic E-state index is 12.6. The molecule has 0 spiro atoms. The highest BCUT2D eigenvalue weighted by Crippen LogP contribution is 2.26. The minimum absolute atomic E-state index is 0.225. The number of rotatable bonds is 4. The van der Waals surface area contributed by atoms with Gasteiger partial charge in [0.2, 0.25) is 10.0 Å². The second kappa shape index (κ2) is 5.99. The normalized spacial score (nSPS) is 20.8. The Morgan fingerprint density at radius 3 is 2.70 bits per heavy atom. The number of nitrogens with two attached hydrogens (primary N) is 1. The first kappa shape index (κ1) is 15.7. The maximum atomic E-state index is 12.6. The molecule has 0 bridgehead atoms. The highest BCUT2D eigenvalue weighted by atomic mass is 35.5. The van der Waals surface area contributed by atoms with Gasteiger partial charge in [-0.05, 0) is 44.3 Å². The van der Waals surface area contributed by atoms with E-state index in [-0.39, 0.29) is 17.5 Å². The number of halogens is 1. The molecule has 1 atom stereocenters. The summed E-state index contributed by atoms with van der Waals surface area (Å²) < 4.78 is 26.7. The number of likely N-dealkylation sites (N-methyl/N-ethyl adjacent to an activating group) is 1. The molecule has 2 N–H and O–H groups in total. The molecule has 1 aliphatic rings. The minimum Gasteiger partial charge on any atom is -0.326 e. The van der Waals surface area contributed by atoms with E-state index in [1.54, 1.807) is 18.2 Å². The van der Waals surface area contributed by atoms with Crippen molar-refractivity contribution in [2.75, 3.05) is 27.2 Å². The fourth-order valence-electron chi connectivity index (χ4n) is 2.37. The lowest BCUT2D eigenvalue weighted by Crippen LogP contribution is -2.34. The molecule has 0 aliphatic carbocycles. The van der Waals surface area contributed by atoms with Crippen molar-refractivity contribution < 1.29 is 8.42 Å². The Hall–Kier alpha value is -0.660. The van der Waals surface area contributed by atoms with Crippen molar-refractivity contribution in [2.45, 2.75) is 23.9 Å². The smallest absolute Gasteiger partial charge is 0.243 e. The molecule has 2 rings (SSSR count). The average molecular weight is 318 g/mol. The van der Waals surface area contributed by atoms with Crippen LogP contribution in [0.2, 0.25) is 5.02 Å². The lowest BCUT2D eigenvalue weighted by Gasteiger charge is -2.20. The highest BCUT2D eigenvalue weighted by molar-refractivity contribution is 7.89. The molecule has 1 aliphatic heterocycles. The Kier molecular flexibility index (Phi) is 4.71. The minimum atomic E-state index is -3.46. The van der Waals surface area contributed by atoms with Gasteiger partial charge < -0.3 is 10.6 Å². The summed E-state index contributed by atoms with van der Waals surface area (Å²) in [6.07, 6.45) is 0.851. The molecule has 20 heavy (non-hydrogen) atoms. The second-order valence-corrected chi connectivity index (χ2v) is 7.57. The third-order valence-electron chi connectivity index (χ3n) is 3.73. The van der Waals surface area contributed by atoms with E-state index in [1.165, 1.54) is 4.31 Å². The van der Waals surface area contributed by atoms with Gasteiger partial charge in [-0.1, -0.05) is 11.6 Å². The Bertz CT molecular complexity index is 589. The predicted molar refractivity (Wildman–Crippen MR) is 80.2 cm³/mol. The topological polar surface area (TPSA) is 66.6 Å². The van der Waals surface area contributed by atoms with Crippen LogP contribution in [0.3, 0.4) is 0 Å². The first-order chi connectivity index (χ1) is 9.36. The van der Waals surface area contributed by atoms with E-state index in [4.69, 9.17) is 17.3 Å². The van der Waals surface area contributed by atoms with Crippen LogP contribution >= 0.6 is 11.6 Å². The summed E-state index contributed by atoms with van der Waals surface area (Å²) in [5.41, 5.74) is 6.23. The third kappa shape index (κ3) is 2.99. The molecule has 7 heteroatoms. The molecule has 1 aromatic carbocycles. The van der Waals surface area contributed by atoms with Crippen LogP contribution in [-0.4, -0.2) is 50.8 Å². The number of benzene rings is 1. The Balaban J connectivity index is 2.27. The molecular weight excluding hydrogens is 298 g/mol. The molecule has 1 saturated heterocycles. The molecule has 0 saturated carbocycles. The predicted octanol–water partition coefficient (Wildman–Crippen LogP) is 1.12. The van der Waals surface area contributed by atoms with Crippen molar-refractivity contribution in [3.05, 3.63) is 28.8 Å². The Morgan fingerprint density at radius 2 is 2.15 bits per heavy atom. The average Bonchev–Trinajstić information content (AvgIpc) is 2.89. The summed E-state index contributed by atoms with van der Waals surface area (Å²) in [7, 11) is 0.474. The van der Waals surface area contributed by atoms with Crippen molar-refractivity contribution in [1.82, 2.24) is 9.21 Å². The van der Waals surface area contributed by atoms with Gasteiger partial charge in [0, 0.05) is 30.7 Å². The molecular formula is C13H20ClN3O2S. The van der Waals surface area contributed by atoms with E-state index < -0.39 is 10.0 Å². The molecule has 1 fully saturated rings. The Labute approximate surface area is 125 Å². The van der Waals surface area contributed by atoms with Gasteiger partial charge in [-0.3, -0.25) is 0 Å². The zero-order chi connectivity index (χ0) is 14.9. The van der Waals surface area contributed by atoms with Crippen LogP contribution < -0.4 is 5.73 Å². The van der Waals surface area contributed by atoms with Crippen LogP contribution in [0.25, 0.3) is 0 Å². The molecule has 1 aromatic rings. The van der Waals surface area contributed by atoms with Gasteiger partial charge >= 0.3 is 0 Å². The zero-order valence-corrected chi connectivity index (χ0v) is 13.3. The molecule has 112 valence electrons. The van der Waals surface area contributed by atoms with Crippen LogP contribution in [-0.2, 0) is 16.6 Å². The van der Waals surface area contributed by atoms with E-state index in [2.05, 4.69) is 4.90 Å². The number of hydrogen-bond acceptors (Lipinski definition) is 4. The van der Waals surface area contributed by atoms with E-state index >= 15 is 0 Å². The van der Waals surface area contributed by atoms with Crippen molar-refractivity contribution in [3.63, 3.8) is 0 Å². The first-order valence-electron chi connectivity index (χ1n) is 6.51. The SMILES string of the molecule is CN(C)C1CCN(S(=O)(=O)c2ccc(Cl)c(CN)c2)C1. The lowest BCUT2D eigenvalue weighted by molar-refractivity contribution is 0.302. The van der Waals surface area contributed by atoms with Gasteiger partial charge in [-0.15, -0.1) is 0 Å². The van der Waals surface area contributed by atoms with Crippen molar-refractivity contribution in [1.29, 1.82) is 0 Å². The fraction of sp³-hybridized carbons (Fsp3) is 0.538. The largest absolute Gasteiger partial charge is 0.326 e. The quantitative estimate of drug-likeness (QED) is 0.904. The maximum Gasteiger partial charge on any atom is 0.243 e. The van der Waals surface area contributed by atoms with E-state index in [1.807, 2.05) is 14.1 Å². The number of hydrogen-bond donors (Lipinski definition) is 1. The number of nitrogens with zero attached hydrogens (tertiary/aromatic N) is 2. The first-order valence-corrected chi connectivity index (χ1v) is 8.33.